The summed E-state index contributed by atoms with van der Waals surface area (Å²) in [5, 5.41) is 0. The van der Waals surface area contributed by atoms with E-state index in [1.54, 1.807) is 17.0 Å². The Morgan fingerprint density at radius 2 is 1.79 bits per heavy atom. The van der Waals surface area contributed by atoms with E-state index >= 15 is 0 Å². The average Bonchev–Trinajstić information content (AvgIpc) is 3.54. The highest BCUT2D eigenvalue weighted by Crippen LogP contribution is 2.24. The van der Waals surface area contributed by atoms with Crippen LogP contribution in [0.2, 0.25) is 0 Å². The molecule has 0 atom stereocenters. The summed E-state index contributed by atoms with van der Waals surface area (Å²) in [6.07, 6.45) is 4.14. The monoisotopic (exact) mass is 460 g/mol. The Labute approximate surface area is 197 Å². The third kappa shape index (κ3) is 4.84. The third-order valence-corrected chi connectivity index (χ3v) is 6.37. The van der Waals surface area contributed by atoms with E-state index in [0.717, 1.165) is 54.8 Å². The summed E-state index contributed by atoms with van der Waals surface area (Å²) >= 11 is 0. The summed E-state index contributed by atoms with van der Waals surface area (Å²) in [4.78, 5) is 25.0. The number of H-pyrrole nitrogens is 1. The summed E-state index contributed by atoms with van der Waals surface area (Å²) in [7, 11) is 0. The minimum Gasteiger partial charge on any atom is -0.360 e. The van der Waals surface area contributed by atoms with Crippen LogP contribution in [0.25, 0.3) is 22.3 Å². The molecule has 1 amide bonds. The second kappa shape index (κ2) is 9.73. The maximum absolute atomic E-state index is 14.9. The lowest BCUT2D eigenvalue weighted by molar-refractivity contribution is 0.0725. The molecule has 174 valence electrons. The number of fused-ring (bicyclic) bond motifs is 1. The number of carbonyl (C=O) groups excluding carboxylic acids is 1. The minimum atomic E-state index is -0.397. The second-order valence-corrected chi connectivity index (χ2v) is 8.70. The van der Waals surface area contributed by atoms with Gasteiger partial charge in [0.1, 0.15) is 11.6 Å². The molecule has 5 rings (SSSR count). The highest BCUT2D eigenvalue weighted by atomic mass is 19.1. The van der Waals surface area contributed by atoms with Crippen molar-refractivity contribution < 1.29 is 13.6 Å². The summed E-state index contributed by atoms with van der Waals surface area (Å²) in [5.41, 5.74) is 4.10. The van der Waals surface area contributed by atoms with Crippen LogP contribution in [0.5, 0.6) is 0 Å². The van der Waals surface area contributed by atoms with Crippen LogP contribution in [0.1, 0.15) is 28.8 Å². The van der Waals surface area contributed by atoms with E-state index in [0.29, 0.717) is 17.7 Å². The fourth-order valence-corrected chi connectivity index (χ4v) is 4.45. The number of aromatic nitrogens is 2. The first-order chi connectivity index (χ1) is 16.6. The van der Waals surface area contributed by atoms with Gasteiger partial charge in [0.2, 0.25) is 0 Å². The van der Waals surface area contributed by atoms with E-state index in [4.69, 9.17) is 0 Å². The number of nitrogens with one attached hydrogen (secondary N) is 1. The highest BCUT2D eigenvalue weighted by Gasteiger charge is 2.21. The van der Waals surface area contributed by atoms with Crippen molar-refractivity contribution in [3.63, 3.8) is 0 Å². The van der Waals surface area contributed by atoms with Crippen LogP contribution in [0.15, 0.2) is 66.9 Å². The highest BCUT2D eigenvalue weighted by molar-refractivity contribution is 5.94. The van der Waals surface area contributed by atoms with E-state index in [2.05, 4.69) is 14.9 Å². The topological polar surface area (TPSA) is 52.2 Å². The van der Waals surface area contributed by atoms with Crippen LogP contribution in [0, 0.1) is 11.6 Å². The van der Waals surface area contributed by atoms with Crippen molar-refractivity contribution in [3.8, 4) is 11.3 Å². The molecule has 0 radical (unpaired) electrons. The number of hydrogen-bond acceptors (Lipinski definition) is 3. The van der Waals surface area contributed by atoms with Crippen molar-refractivity contribution in [2.45, 2.75) is 19.4 Å². The SMILES string of the molecule is O=C(c1ccc(F)cc1)N(CCN1CCCC1)Cc1cc(-c2ccc3[nH]ccc3n2)ccc1F. The number of halogens is 2. The van der Waals surface area contributed by atoms with Gasteiger partial charge in [0, 0.05) is 42.5 Å². The molecule has 0 aliphatic carbocycles. The lowest BCUT2D eigenvalue weighted by Gasteiger charge is -2.26. The molecular weight excluding hydrogens is 434 g/mol. The normalized spacial score (nSPS) is 14.1. The molecular formula is C27H26F2N4O. The van der Waals surface area contributed by atoms with E-state index in [9.17, 15) is 13.6 Å². The predicted molar refractivity (Wildman–Crippen MR) is 128 cm³/mol. The lowest BCUT2D eigenvalue weighted by atomic mass is 10.1. The molecule has 1 aliphatic heterocycles. The number of pyridine rings is 1. The lowest BCUT2D eigenvalue weighted by Crippen LogP contribution is -2.37. The summed E-state index contributed by atoms with van der Waals surface area (Å²) < 4.78 is 28.3. The van der Waals surface area contributed by atoms with Gasteiger partial charge in [0.25, 0.3) is 5.91 Å². The number of nitrogens with zero attached hydrogens (tertiary/aromatic N) is 3. The van der Waals surface area contributed by atoms with Crippen molar-refractivity contribution in [2.24, 2.45) is 0 Å². The Hall–Kier alpha value is -3.58. The summed E-state index contributed by atoms with van der Waals surface area (Å²) in [6.45, 7) is 3.33. The number of hydrogen-bond donors (Lipinski definition) is 1. The van der Waals surface area contributed by atoms with Crippen molar-refractivity contribution in [1.29, 1.82) is 0 Å². The molecule has 0 saturated carbocycles. The quantitative estimate of drug-likeness (QED) is 0.410. The smallest absolute Gasteiger partial charge is 0.254 e. The van der Waals surface area contributed by atoms with Crippen molar-refractivity contribution in [3.05, 3.63) is 89.6 Å². The molecule has 0 unspecified atom stereocenters. The van der Waals surface area contributed by atoms with E-state index < -0.39 is 5.82 Å². The minimum absolute atomic E-state index is 0.121. The van der Waals surface area contributed by atoms with Gasteiger partial charge in [-0.25, -0.2) is 13.8 Å². The van der Waals surface area contributed by atoms with Gasteiger partial charge in [-0.05, 0) is 86.6 Å². The number of rotatable bonds is 7. The molecule has 3 heterocycles. The molecule has 2 aromatic heterocycles. The maximum atomic E-state index is 14.9. The van der Waals surface area contributed by atoms with Crippen LogP contribution >= 0.6 is 0 Å². The fourth-order valence-electron chi connectivity index (χ4n) is 4.45. The van der Waals surface area contributed by atoms with Crippen LogP contribution in [-0.4, -0.2) is 51.9 Å². The van der Waals surface area contributed by atoms with Crippen molar-refractivity contribution in [1.82, 2.24) is 19.8 Å². The Morgan fingerprint density at radius 3 is 2.59 bits per heavy atom. The predicted octanol–water partition coefficient (Wildman–Crippen LogP) is 5.25. The van der Waals surface area contributed by atoms with E-state index in [1.807, 2.05) is 24.4 Å². The van der Waals surface area contributed by atoms with Gasteiger partial charge in [0.05, 0.1) is 16.7 Å². The fraction of sp³-hybridized carbons (Fsp3) is 0.259. The zero-order valence-corrected chi connectivity index (χ0v) is 18.8. The summed E-state index contributed by atoms with van der Waals surface area (Å²) in [6, 6.07) is 16.1. The van der Waals surface area contributed by atoms with Gasteiger partial charge in [-0.2, -0.15) is 0 Å². The first kappa shape index (κ1) is 22.2. The van der Waals surface area contributed by atoms with Gasteiger partial charge in [0.15, 0.2) is 0 Å². The van der Waals surface area contributed by atoms with Gasteiger partial charge < -0.3 is 14.8 Å². The molecule has 4 aromatic rings. The average molecular weight is 461 g/mol. The van der Waals surface area contributed by atoms with Gasteiger partial charge in [-0.1, -0.05) is 0 Å². The Kier molecular flexibility index (Phi) is 6.36. The number of aromatic amines is 1. The summed E-state index contributed by atoms with van der Waals surface area (Å²) in [5.74, 6) is -1.01. The van der Waals surface area contributed by atoms with Gasteiger partial charge in [-0.15, -0.1) is 0 Å². The number of amides is 1. The van der Waals surface area contributed by atoms with Crippen LogP contribution in [0.4, 0.5) is 8.78 Å². The van der Waals surface area contributed by atoms with Gasteiger partial charge >= 0.3 is 0 Å². The first-order valence-electron chi connectivity index (χ1n) is 11.6. The largest absolute Gasteiger partial charge is 0.360 e. The second-order valence-electron chi connectivity index (χ2n) is 8.70. The molecule has 5 nitrogen and oxygen atoms in total. The van der Waals surface area contributed by atoms with Crippen LogP contribution in [-0.2, 0) is 6.54 Å². The zero-order valence-electron chi connectivity index (χ0n) is 18.8. The molecule has 1 saturated heterocycles. The van der Waals surface area contributed by atoms with E-state index in [-0.39, 0.29) is 18.3 Å². The molecule has 1 N–H and O–H groups in total. The van der Waals surface area contributed by atoms with E-state index in [1.165, 1.54) is 30.3 Å². The van der Waals surface area contributed by atoms with Gasteiger partial charge in [-0.3, -0.25) is 4.79 Å². The Morgan fingerprint density at radius 1 is 1.00 bits per heavy atom. The number of benzene rings is 2. The van der Waals surface area contributed by atoms with Crippen molar-refractivity contribution in [2.75, 3.05) is 26.2 Å². The maximum Gasteiger partial charge on any atom is 0.254 e. The Bertz CT molecular complexity index is 1300. The van der Waals surface area contributed by atoms with Crippen LogP contribution < -0.4 is 0 Å². The van der Waals surface area contributed by atoms with Crippen molar-refractivity contribution >= 4 is 16.9 Å². The number of likely N-dealkylation sites (tertiary alicyclic amines) is 1. The molecule has 7 heteroatoms. The van der Waals surface area contributed by atoms with Crippen LogP contribution in [0.3, 0.4) is 0 Å². The third-order valence-electron chi connectivity index (χ3n) is 6.37. The molecule has 0 spiro atoms. The molecule has 1 fully saturated rings. The molecule has 0 bridgehead atoms. The molecule has 2 aromatic carbocycles. The Balaban J connectivity index is 1.42. The first-order valence-corrected chi connectivity index (χ1v) is 11.6. The number of carbonyl (C=O) groups is 1. The zero-order chi connectivity index (χ0) is 23.5. The molecule has 34 heavy (non-hydrogen) atoms. The molecule has 1 aliphatic rings. The standard InChI is InChI=1S/C27H26F2N4O/c28-22-6-3-19(4-7-22)27(34)33(16-15-32-13-1-2-14-32)18-21-17-20(5-8-23(21)29)24-9-10-25-26(31-24)11-12-30-25/h3-12,17,30H,1-2,13-16,18H2.